The molecule has 0 bridgehead atoms. The second kappa shape index (κ2) is 7.22. The molecule has 0 aliphatic carbocycles. The fraction of sp³-hybridized carbons (Fsp3) is 0.467. The average molecular weight is 325 g/mol. The molecule has 0 saturated carbocycles. The predicted molar refractivity (Wildman–Crippen MR) is 90.9 cm³/mol. The van der Waals surface area contributed by atoms with Crippen LogP contribution in [0.2, 0.25) is 0 Å². The molecule has 1 atom stereocenters. The number of thioether (sulfide) groups is 1. The highest BCUT2D eigenvalue weighted by molar-refractivity contribution is 7.98. The molecule has 0 fully saturated rings. The van der Waals surface area contributed by atoms with Gasteiger partial charge in [0.2, 0.25) is 0 Å². The third-order valence-corrected chi connectivity index (χ3v) is 5.33. The number of nitrogens with zero attached hydrogens (tertiary/aromatic N) is 3. The summed E-state index contributed by atoms with van der Waals surface area (Å²) in [5.41, 5.74) is 1.72. The number of thiazole rings is 1. The molecule has 0 aliphatic rings. The Kier molecular flexibility index (Phi) is 5.58. The van der Waals surface area contributed by atoms with Crippen LogP contribution in [0.5, 0.6) is 0 Å². The quantitative estimate of drug-likeness (QED) is 0.800. The lowest BCUT2D eigenvalue weighted by Gasteiger charge is -2.21. The van der Waals surface area contributed by atoms with Crippen LogP contribution in [-0.2, 0) is 0 Å². The van der Waals surface area contributed by atoms with Crippen molar-refractivity contribution >= 4 is 28.1 Å². The fourth-order valence-corrected chi connectivity index (χ4v) is 3.98. The van der Waals surface area contributed by atoms with Crippen molar-refractivity contribution in [3.8, 4) is 10.6 Å². The molecule has 1 unspecified atom stereocenters. The van der Waals surface area contributed by atoms with Gasteiger partial charge in [0, 0.05) is 25.4 Å². The zero-order valence-electron chi connectivity index (χ0n) is 12.8. The number of aryl methyl sites for hydroxylation is 1. The normalized spacial score (nSPS) is 12.4. The van der Waals surface area contributed by atoms with Gasteiger partial charge in [-0.2, -0.15) is 11.8 Å². The molecule has 2 rings (SSSR count). The summed E-state index contributed by atoms with van der Waals surface area (Å²) in [7, 11) is 2.09. The van der Waals surface area contributed by atoms with Gasteiger partial charge >= 0.3 is 0 Å². The first-order valence-electron chi connectivity index (χ1n) is 6.79. The van der Waals surface area contributed by atoms with Crippen LogP contribution in [0.15, 0.2) is 18.5 Å². The van der Waals surface area contributed by atoms with E-state index >= 15 is 0 Å². The van der Waals surface area contributed by atoms with Crippen LogP contribution in [0.3, 0.4) is 0 Å². The van der Waals surface area contributed by atoms with Crippen molar-refractivity contribution in [1.82, 2.24) is 9.97 Å². The molecule has 21 heavy (non-hydrogen) atoms. The number of hydrogen-bond donors (Lipinski definition) is 0. The van der Waals surface area contributed by atoms with Crippen molar-refractivity contribution in [2.24, 2.45) is 5.92 Å². The van der Waals surface area contributed by atoms with Crippen molar-refractivity contribution in [3.05, 3.63) is 30.0 Å². The topological polar surface area (TPSA) is 29.0 Å². The lowest BCUT2D eigenvalue weighted by atomic mass is 10.2. The van der Waals surface area contributed by atoms with E-state index in [9.17, 15) is 4.39 Å². The van der Waals surface area contributed by atoms with E-state index in [-0.39, 0.29) is 5.82 Å². The Balaban J connectivity index is 2.19. The summed E-state index contributed by atoms with van der Waals surface area (Å²) < 4.78 is 13.3. The van der Waals surface area contributed by atoms with Gasteiger partial charge in [0.05, 0.1) is 11.9 Å². The van der Waals surface area contributed by atoms with E-state index < -0.39 is 0 Å². The summed E-state index contributed by atoms with van der Waals surface area (Å²) in [6.07, 6.45) is 4.99. The Morgan fingerprint density at radius 2 is 2.19 bits per heavy atom. The number of hydrogen-bond acceptors (Lipinski definition) is 5. The van der Waals surface area contributed by atoms with E-state index in [2.05, 4.69) is 35.1 Å². The molecule has 0 saturated heterocycles. The monoisotopic (exact) mass is 325 g/mol. The third-order valence-electron chi connectivity index (χ3n) is 3.11. The smallest absolute Gasteiger partial charge is 0.142 e. The van der Waals surface area contributed by atoms with Gasteiger partial charge in [0.15, 0.2) is 0 Å². The van der Waals surface area contributed by atoms with Gasteiger partial charge in [-0.1, -0.05) is 18.3 Å². The van der Waals surface area contributed by atoms with Crippen LogP contribution in [0, 0.1) is 18.7 Å². The summed E-state index contributed by atoms with van der Waals surface area (Å²) in [6.45, 7) is 5.24. The molecule has 0 spiro atoms. The molecule has 2 aromatic heterocycles. The maximum absolute atomic E-state index is 13.3. The zero-order chi connectivity index (χ0) is 15.4. The summed E-state index contributed by atoms with van der Waals surface area (Å²) in [5.74, 6) is 1.43. The molecule has 0 N–H and O–H groups in total. The number of halogens is 1. The van der Waals surface area contributed by atoms with Gasteiger partial charge in [0.1, 0.15) is 15.8 Å². The SMILES string of the molecule is CSCC(C)CN(C)c1sc(-c2cncc(F)c2)nc1C. The first kappa shape index (κ1) is 16.2. The van der Waals surface area contributed by atoms with E-state index in [0.717, 1.165) is 33.6 Å². The van der Waals surface area contributed by atoms with Crippen LogP contribution in [0.4, 0.5) is 9.39 Å². The maximum atomic E-state index is 13.3. The number of rotatable bonds is 6. The first-order chi connectivity index (χ1) is 10.0. The molecule has 0 amide bonds. The maximum Gasteiger partial charge on any atom is 0.142 e. The molecule has 6 heteroatoms. The summed E-state index contributed by atoms with van der Waals surface area (Å²) in [4.78, 5) is 10.7. The van der Waals surface area contributed by atoms with Gasteiger partial charge in [-0.3, -0.25) is 4.98 Å². The minimum atomic E-state index is -0.330. The van der Waals surface area contributed by atoms with Crippen LogP contribution in [-0.4, -0.2) is 35.6 Å². The molecule has 114 valence electrons. The Morgan fingerprint density at radius 3 is 2.86 bits per heavy atom. The number of aromatic nitrogens is 2. The van der Waals surface area contributed by atoms with Gasteiger partial charge < -0.3 is 4.90 Å². The van der Waals surface area contributed by atoms with Gasteiger partial charge in [-0.05, 0) is 30.9 Å². The molecule has 0 aromatic carbocycles. The Bertz CT molecular complexity index is 600. The lowest BCUT2D eigenvalue weighted by molar-refractivity contribution is 0.622. The van der Waals surface area contributed by atoms with Crippen LogP contribution in [0.25, 0.3) is 10.6 Å². The molecular formula is C15H20FN3S2. The van der Waals surface area contributed by atoms with Crippen molar-refractivity contribution in [2.45, 2.75) is 13.8 Å². The summed E-state index contributed by atoms with van der Waals surface area (Å²) in [6, 6.07) is 1.48. The molecular weight excluding hydrogens is 305 g/mol. The Hall–Kier alpha value is -1.14. The molecule has 3 nitrogen and oxygen atoms in total. The summed E-state index contributed by atoms with van der Waals surface area (Å²) in [5, 5.41) is 1.96. The van der Waals surface area contributed by atoms with E-state index in [0.29, 0.717) is 5.92 Å². The Morgan fingerprint density at radius 1 is 1.43 bits per heavy atom. The van der Waals surface area contributed by atoms with Crippen molar-refractivity contribution in [1.29, 1.82) is 0 Å². The Labute approximate surface area is 133 Å². The summed E-state index contributed by atoms with van der Waals surface area (Å²) >= 11 is 3.46. The van der Waals surface area contributed by atoms with E-state index in [1.807, 2.05) is 18.7 Å². The lowest BCUT2D eigenvalue weighted by Crippen LogP contribution is -2.24. The number of anilines is 1. The highest BCUT2D eigenvalue weighted by Gasteiger charge is 2.15. The van der Waals surface area contributed by atoms with Crippen molar-refractivity contribution < 1.29 is 4.39 Å². The first-order valence-corrected chi connectivity index (χ1v) is 9.00. The zero-order valence-corrected chi connectivity index (χ0v) is 14.4. The average Bonchev–Trinajstić information content (AvgIpc) is 2.81. The molecule has 2 aromatic rings. The standard InChI is InChI=1S/C15H20FN3S2/c1-10(9-20-4)8-19(3)15-11(2)18-14(21-15)12-5-13(16)7-17-6-12/h5-7,10H,8-9H2,1-4H3. The molecule has 0 aliphatic heterocycles. The largest absolute Gasteiger partial charge is 0.365 e. The predicted octanol–water partition coefficient (Wildman–Crippen LogP) is 4.09. The van der Waals surface area contributed by atoms with Gasteiger partial charge in [-0.15, -0.1) is 0 Å². The third kappa shape index (κ3) is 4.17. The second-order valence-corrected chi connectivity index (χ2v) is 7.13. The van der Waals surface area contributed by atoms with Gasteiger partial charge in [0.25, 0.3) is 0 Å². The van der Waals surface area contributed by atoms with Crippen LogP contribution in [0.1, 0.15) is 12.6 Å². The van der Waals surface area contributed by atoms with Crippen LogP contribution < -0.4 is 4.90 Å². The van der Waals surface area contributed by atoms with E-state index in [1.165, 1.54) is 12.3 Å². The number of pyridine rings is 1. The molecule has 2 heterocycles. The van der Waals surface area contributed by atoms with Crippen molar-refractivity contribution in [3.63, 3.8) is 0 Å². The highest BCUT2D eigenvalue weighted by Crippen LogP contribution is 2.34. The minimum absolute atomic E-state index is 0.330. The van der Waals surface area contributed by atoms with E-state index in [4.69, 9.17) is 0 Å². The fourth-order valence-electron chi connectivity index (χ4n) is 2.28. The second-order valence-electron chi connectivity index (χ2n) is 5.24. The van der Waals surface area contributed by atoms with E-state index in [1.54, 1.807) is 17.5 Å². The molecule has 0 radical (unpaired) electrons. The van der Waals surface area contributed by atoms with Crippen molar-refractivity contribution in [2.75, 3.05) is 30.5 Å². The highest BCUT2D eigenvalue weighted by atomic mass is 32.2. The minimum Gasteiger partial charge on any atom is -0.365 e. The van der Waals surface area contributed by atoms with Gasteiger partial charge in [-0.25, -0.2) is 9.37 Å². The van der Waals surface area contributed by atoms with Crippen LogP contribution >= 0.6 is 23.1 Å².